The van der Waals surface area contributed by atoms with Crippen LogP contribution in [0.5, 0.6) is 0 Å². The topological polar surface area (TPSA) is 60.0 Å². The molecule has 0 spiro atoms. The van der Waals surface area contributed by atoms with Gasteiger partial charge in [0.2, 0.25) is 0 Å². The average Bonchev–Trinajstić information content (AvgIpc) is 3.33. The zero-order valence-corrected chi connectivity index (χ0v) is 17.4. The molecular weight excluding hydrogens is 395 g/mol. The van der Waals surface area contributed by atoms with Crippen LogP contribution in [-0.2, 0) is 19.1 Å². The van der Waals surface area contributed by atoms with Crippen molar-refractivity contribution < 1.29 is 17.7 Å². The summed E-state index contributed by atoms with van der Waals surface area (Å²) in [7, 11) is 2.09. The van der Waals surface area contributed by atoms with Crippen LogP contribution >= 0.6 is 0 Å². The highest BCUT2D eigenvalue weighted by Gasteiger charge is 2.38. The fourth-order valence-electron chi connectivity index (χ4n) is 3.09. The third-order valence-corrected chi connectivity index (χ3v) is 4.96. The lowest BCUT2D eigenvalue weighted by Gasteiger charge is -2.16. The third-order valence-electron chi connectivity index (χ3n) is 4.96. The lowest BCUT2D eigenvalue weighted by Crippen LogP contribution is -2.23. The van der Waals surface area contributed by atoms with Crippen molar-refractivity contribution in [3.05, 3.63) is 41.3 Å². The highest BCUT2D eigenvalue weighted by Crippen LogP contribution is 2.27. The maximum Gasteiger partial charge on any atom is 0.471 e. The lowest BCUT2D eigenvalue weighted by atomic mass is 10.2. The molecule has 6 nitrogen and oxygen atoms in total. The summed E-state index contributed by atoms with van der Waals surface area (Å²) in [6.07, 6.45) is 1.47. The highest BCUT2D eigenvalue weighted by molar-refractivity contribution is 5.81. The molecule has 1 aromatic carbocycles. The first-order valence-corrected chi connectivity index (χ1v) is 10.1. The number of halogens is 3. The van der Waals surface area contributed by atoms with Crippen LogP contribution in [0.4, 0.5) is 13.2 Å². The molecule has 0 aliphatic carbocycles. The van der Waals surface area contributed by atoms with Crippen molar-refractivity contribution in [3.63, 3.8) is 0 Å². The Morgan fingerprint density at radius 2 is 1.97 bits per heavy atom. The minimum Gasteiger partial charge on any atom is -0.329 e. The molecule has 0 N–H and O–H groups in total. The summed E-state index contributed by atoms with van der Waals surface area (Å²) in [5, 5.41) is 3.34. The second-order valence-corrected chi connectivity index (χ2v) is 7.22. The summed E-state index contributed by atoms with van der Waals surface area (Å²) in [6, 6.07) is 5.84. The van der Waals surface area contributed by atoms with Gasteiger partial charge < -0.3 is 14.0 Å². The van der Waals surface area contributed by atoms with Gasteiger partial charge in [0.25, 0.3) is 0 Å². The average molecular weight is 421 g/mol. The molecular formula is C21H26F3N5O. The van der Waals surface area contributed by atoms with E-state index in [9.17, 15) is 13.2 Å². The van der Waals surface area contributed by atoms with Gasteiger partial charge in [-0.25, -0.2) is 4.98 Å². The van der Waals surface area contributed by atoms with Gasteiger partial charge in [0.05, 0.1) is 11.0 Å². The maximum absolute atomic E-state index is 12.6. The number of aryl methyl sites for hydroxylation is 1. The number of fused-ring (bicyclic) bond motifs is 1. The first kappa shape index (κ1) is 22.0. The second kappa shape index (κ2) is 9.42. The standard InChI is InChI=1S/C21H26F3N5O/c1-4-6-7-19-25-16-14-15(8-10-17(16)29(19)13-12-28(3)5-2)9-11-18-26-20(30-27-18)21(22,23)24/h8-11,14H,4-7,12-13H2,1-3H3/b11-9+. The minimum atomic E-state index is -4.65. The molecule has 0 radical (unpaired) electrons. The minimum absolute atomic E-state index is 0.126. The molecule has 0 unspecified atom stereocenters. The largest absolute Gasteiger partial charge is 0.471 e. The van der Waals surface area contributed by atoms with Crippen LogP contribution in [0.1, 0.15) is 49.8 Å². The molecule has 30 heavy (non-hydrogen) atoms. The van der Waals surface area contributed by atoms with Gasteiger partial charge in [0.1, 0.15) is 5.82 Å². The molecule has 3 rings (SSSR count). The van der Waals surface area contributed by atoms with Crippen LogP contribution in [-0.4, -0.2) is 44.7 Å². The first-order valence-electron chi connectivity index (χ1n) is 10.1. The van der Waals surface area contributed by atoms with Crippen LogP contribution in [0.15, 0.2) is 22.7 Å². The van der Waals surface area contributed by atoms with Crippen molar-refractivity contribution in [2.75, 3.05) is 20.1 Å². The quantitative estimate of drug-likeness (QED) is 0.492. The predicted molar refractivity (Wildman–Crippen MR) is 110 cm³/mol. The fraction of sp³-hybridized carbons (Fsp3) is 0.476. The number of unbranched alkanes of at least 4 members (excludes halogenated alkanes) is 1. The smallest absolute Gasteiger partial charge is 0.329 e. The van der Waals surface area contributed by atoms with Crippen LogP contribution in [0, 0.1) is 0 Å². The Kier molecular flexibility index (Phi) is 6.91. The Morgan fingerprint density at radius 3 is 2.63 bits per heavy atom. The Bertz CT molecular complexity index is 1010. The first-order chi connectivity index (χ1) is 14.3. The zero-order valence-electron chi connectivity index (χ0n) is 17.4. The second-order valence-electron chi connectivity index (χ2n) is 7.22. The Balaban J connectivity index is 1.85. The monoisotopic (exact) mass is 421 g/mol. The Morgan fingerprint density at radius 1 is 1.17 bits per heavy atom. The highest BCUT2D eigenvalue weighted by atomic mass is 19.4. The van der Waals surface area contributed by atoms with Crippen LogP contribution in [0.25, 0.3) is 23.2 Å². The van der Waals surface area contributed by atoms with Crippen molar-refractivity contribution >= 4 is 23.2 Å². The van der Waals surface area contributed by atoms with Gasteiger partial charge in [-0.3, -0.25) is 0 Å². The number of benzene rings is 1. The van der Waals surface area contributed by atoms with E-state index in [-0.39, 0.29) is 5.82 Å². The van der Waals surface area contributed by atoms with E-state index >= 15 is 0 Å². The number of rotatable bonds is 9. The number of imidazole rings is 1. The Labute approximate surface area is 173 Å². The van der Waals surface area contributed by atoms with Gasteiger partial charge in [0.15, 0.2) is 5.82 Å². The predicted octanol–water partition coefficient (Wildman–Crippen LogP) is 4.90. The third kappa shape index (κ3) is 5.27. The molecule has 2 aromatic heterocycles. The molecule has 9 heteroatoms. The van der Waals surface area contributed by atoms with E-state index in [1.165, 1.54) is 6.08 Å². The molecule has 2 heterocycles. The van der Waals surface area contributed by atoms with E-state index in [0.717, 1.165) is 61.3 Å². The molecule has 0 atom stereocenters. The van der Waals surface area contributed by atoms with Gasteiger partial charge in [0, 0.05) is 19.5 Å². The number of hydrogen-bond donors (Lipinski definition) is 0. The summed E-state index contributed by atoms with van der Waals surface area (Å²) < 4.78 is 44.2. The van der Waals surface area contributed by atoms with E-state index in [1.54, 1.807) is 6.08 Å². The molecule has 162 valence electrons. The van der Waals surface area contributed by atoms with Crippen molar-refractivity contribution in [1.82, 2.24) is 24.6 Å². The van der Waals surface area contributed by atoms with Crippen molar-refractivity contribution in [2.45, 2.75) is 45.8 Å². The van der Waals surface area contributed by atoms with Gasteiger partial charge in [-0.1, -0.05) is 37.6 Å². The summed E-state index contributed by atoms with van der Waals surface area (Å²) in [5.41, 5.74) is 2.73. The molecule has 0 saturated heterocycles. The number of alkyl halides is 3. The summed E-state index contributed by atoms with van der Waals surface area (Å²) >= 11 is 0. The molecule has 0 aliphatic rings. The van der Waals surface area contributed by atoms with Crippen molar-refractivity contribution in [2.24, 2.45) is 0 Å². The summed E-state index contributed by atoms with van der Waals surface area (Å²) in [6.45, 7) is 7.06. The van der Waals surface area contributed by atoms with Crippen LogP contribution < -0.4 is 0 Å². The Hall–Kier alpha value is -2.68. The van der Waals surface area contributed by atoms with Crippen molar-refractivity contribution in [3.8, 4) is 0 Å². The number of aromatic nitrogens is 4. The molecule has 0 amide bonds. The van der Waals surface area contributed by atoms with E-state index < -0.39 is 12.1 Å². The van der Waals surface area contributed by atoms with Gasteiger partial charge >= 0.3 is 12.1 Å². The van der Waals surface area contributed by atoms with E-state index in [4.69, 9.17) is 4.98 Å². The van der Waals surface area contributed by atoms with E-state index in [1.807, 2.05) is 18.2 Å². The van der Waals surface area contributed by atoms with Crippen LogP contribution in [0.2, 0.25) is 0 Å². The SMILES string of the molecule is CCCCc1nc2cc(/C=C/c3noc(C(F)(F)F)n3)ccc2n1CCN(C)CC. The van der Waals surface area contributed by atoms with Gasteiger partial charge in [-0.05, 0) is 43.8 Å². The zero-order chi connectivity index (χ0) is 21.7. The normalized spacial score (nSPS) is 12.6. The molecule has 0 bridgehead atoms. The summed E-state index contributed by atoms with van der Waals surface area (Å²) in [5.74, 6) is -0.418. The summed E-state index contributed by atoms with van der Waals surface area (Å²) in [4.78, 5) is 10.4. The van der Waals surface area contributed by atoms with Crippen molar-refractivity contribution in [1.29, 1.82) is 0 Å². The molecule has 0 saturated carbocycles. The lowest BCUT2D eigenvalue weighted by molar-refractivity contribution is -0.159. The fourth-order valence-corrected chi connectivity index (χ4v) is 3.09. The number of likely N-dealkylation sites (N-methyl/N-ethyl adjacent to an activating group) is 1. The van der Waals surface area contributed by atoms with Gasteiger partial charge in [-0.2, -0.15) is 18.2 Å². The van der Waals surface area contributed by atoms with E-state index in [2.05, 4.69) is 45.0 Å². The molecule has 0 aliphatic heterocycles. The maximum atomic E-state index is 12.6. The number of hydrogen-bond acceptors (Lipinski definition) is 5. The number of nitrogens with zero attached hydrogens (tertiary/aromatic N) is 5. The van der Waals surface area contributed by atoms with Crippen LogP contribution in [0.3, 0.4) is 0 Å². The van der Waals surface area contributed by atoms with Gasteiger partial charge in [-0.15, -0.1) is 0 Å². The molecule has 0 fully saturated rings. The molecule has 3 aromatic rings. The van der Waals surface area contributed by atoms with E-state index in [0.29, 0.717) is 0 Å².